The van der Waals surface area contributed by atoms with Crippen LogP contribution in [0, 0.1) is 22.1 Å². The Kier molecular flexibility index (Phi) is 3.78. The largest absolute Gasteiger partial charge is 0.345 e. The van der Waals surface area contributed by atoms with Crippen molar-refractivity contribution >= 4 is 11.8 Å². The van der Waals surface area contributed by atoms with Gasteiger partial charge in [0, 0.05) is 19.0 Å². The Morgan fingerprint density at radius 3 is 2.71 bits per heavy atom. The summed E-state index contributed by atoms with van der Waals surface area (Å²) in [7, 11) is 1.70. The van der Waals surface area contributed by atoms with Gasteiger partial charge >= 0.3 is 0 Å². The average molecular weight is 318 g/mol. The Balaban J connectivity index is 2.00. The van der Waals surface area contributed by atoms with Gasteiger partial charge in [-0.15, -0.1) is 0 Å². The van der Waals surface area contributed by atoms with Crippen LogP contribution < -0.4 is 5.32 Å². The van der Waals surface area contributed by atoms with E-state index in [1.54, 1.807) is 19.2 Å². The molecule has 1 saturated heterocycles. The lowest BCUT2D eigenvalue weighted by Crippen LogP contribution is -2.58. The van der Waals surface area contributed by atoms with Crippen molar-refractivity contribution in [1.29, 1.82) is 16.1 Å². The number of guanidine groups is 1. The van der Waals surface area contributed by atoms with Crippen LogP contribution in [0.5, 0.6) is 0 Å². The molecule has 0 amide bonds. The Morgan fingerprint density at radius 2 is 2.00 bits per heavy atom. The summed E-state index contributed by atoms with van der Waals surface area (Å²) in [5, 5.41) is 28.3. The van der Waals surface area contributed by atoms with E-state index in [0.717, 1.165) is 17.0 Å². The topological polar surface area (TPSA) is 99.7 Å². The molecule has 3 N–H and O–H groups in total. The third-order valence-corrected chi connectivity index (χ3v) is 4.26. The van der Waals surface area contributed by atoms with Gasteiger partial charge in [0.25, 0.3) is 0 Å². The van der Waals surface area contributed by atoms with E-state index in [2.05, 4.69) is 11.4 Å². The van der Waals surface area contributed by atoms with Crippen LogP contribution in [-0.2, 0) is 5.54 Å². The van der Waals surface area contributed by atoms with Crippen LogP contribution in [0.25, 0.3) is 11.3 Å². The number of rotatable bonds is 2. The van der Waals surface area contributed by atoms with E-state index in [1.165, 1.54) is 4.90 Å². The normalized spacial score (nSPS) is 20.5. The Bertz CT molecular complexity index is 846. The minimum Gasteiger partial charge on any atom is -0.345 e. The first-order chi connectivity index (χ1) is 11.4. The maximum Gasteiger partial charge on any atom is 0.197 e. The number of hydrogen-bond acceptors (Lipinski definition) is 4. The predicted octanol–water partition coefficient (Wildman–Crippen LogP) is 2.67. The number of nitrogens with one attached hydrogen (secondary N) is 3. The third-order valence-electron chi connectivity index (χ3n) is 4.26. The van der Waals surface area contributed by atoms with Crippen LogP contribution in [0.2, 0.25) is 0 Å². The second-order valence-corrected chi connectivity index (χ2v) is 6.09. The maximum atomic E-state index is 9.06. The highest BCUT2D eigenvalue weighted by atomic mass is 15.3. The number of amidine groups is 1. The minimum atomic E-state index is -0.608. The second kappa shape index (κ2) is 5.78. The van der Waals surface area contributed by atoms with E-state index >= 15 is 0 Å². The molecule has 3 rings (SSSR count). The van der Waals surface area contributed by atoms with Gasteiger partial charge in [0.2, 0.25) is 0 Å². The Labute approximate surface area is 140 Å². The van der Waals surface area contributed by atoms with Crippen molar-refractivity contribution in [2.24, 2.45) is 0 Å². The lowest BCUT2D eigenvalue weighted by molar-refractivity contribution is 0.381. The molecular weight excluding hydrogens is 300 g/mol. The van der Waals surface area contributed by atoms with E-state index in [0.29, 0.717) is 17.8 Å². The highest BCUT2D eigenvalue weighted by molar-refractivity contribution is 6.00. The summed E-state index contributed by atoms with van der Waals surface area (Å²) in [6.45, 7) is 1.95. The summed E-state index contributed by atoms with van der Waals surface area (Å²) in [6.07, 6.45) is 0.445. The molecule has 0 radical (unpaired) electrons. The van der Waals surface area contributed by atoms with Crippen molar-refractivity contribution in [3.05, 3.63) is 53.7 Å². The molecule has 0 aliphatic carbocycles. The number of aromatic nitrogens is 1. The zero-order chi connectivity index (χ0) is 17.3. The van der Waals surface area contributed by atoms with Gasteiger partial charge in [-0.25, -0.2) is 0 Å². The first kappa shape index (κ1) is 15.7. The lowest BCUT2D eigenvalue weighted by Gasteiger charge is -2.40. The van der Waals surface area contributed by atoms with Gasteiger partial charge in [0.1, 0.15) is 5.84 Å². The summed E-state index contributed by atoms with van der Waals surface area (Å²) < 4.78 is 0. The van der Waals surface area contributed by atoms with Gasteiger partial charge in [-0.05, 0) is 31.2 Å². The van der Waals surface area contributed by atoms with Gasteiger partial charge in [-0.3, -0.25) is 15.8 Å². The molecule has 1 atom stereocenters. The third kappa shape index (κ3) is 2.72. The van der Waals surface area contributed by atoms with Crippen LogP contribution in [0.1, 0.15) is 24.6 Å². The molecule has 0 saturated carbocycles. The van der Waals surface area contributed by atoms with E-state index in [4.69, 9.17) is 21.1 Å². The van der Waals surface area contributed by atoms with E-state index in [1.807, 2.05) is 37.3 Å². The van der Waals surface area contributed by atoms with Crippen LogP contribution in [0.3, 0.4) is 0 Å². The first-order valence-corrected chi connectivity index (χ1v) is 7.59. The van der Waals surface area contributed by atoms with E-state index < -0.39 is 5.54 Å². The molecule has 0 spiro atoms. The summed E-state index contributed by atoms with van der Waals surface area (Å²) in [4.78, 5) is 6.24. The molecule has 24 heavy (non-hydrogen) atoms. The van der Waals surface area contributed by atoms with Crippen LogP contribution >= 0.6 is 0 Å². The molecule has 0 bridgehead atoms. The molecule has 1 aromatic heterocycles. The maximum absolute atomic E-state index is 9.06. The SMILES string of the molecule is CN1C(=N)C[C@@](C)(c2cccc(-c3cccc(C#N)c3)n2)NC1=N. The summed E-state index contributed by atoms with van der Waals surface area (Å²) in [6, 6.07) is 15.2. The standard InChI is InChI=1S/C18H18N6/c1-18(10-16(20)24(2)17(21)23-18)15-8-4-7-14(22-15)13-6-3-5-12(9-13)11-19/h3-9,20H,10H2,1-2H3,(H2,21,23)/t18-/m0/s1. The van der Waals surface area contributed by atoms with Crippen molar-refractivity contribution in [2.75, 3.05) is 7.05 Å². The highest BCUT2D eigenvalue weighted by Gasteiger charge is 2.37. The number of nitriles is 1. The van der Waals surface area contributed by atoms with Gasteiger partial charge < -0.3 is 10.2 Å². The molecular formula is C18H18N6. The monoisotopic (exact) mass is 318 g/mol. The van der Waals surface area contributed by atoms with Gasteiger partial charge in [-0.1, -0.05) is 18.2 Å². The Morgan fingerprint density at radius 1 is 1.25 bits per heavy atom. The molecule has 6 nitrogen and oxygen atoms in total. The molecule has 1 fully saturated rings. The van der Waals surface area contributed by atoms with Gasteiger partial charge in [-0.2, -0.15) is 5.26 Å². The van der Waals surface area contributed by atoms with Crippen molar-refractivity contribution in [3.63, 3.8) is 0 Å². The molecule has 120 valence electrons. The molecule has 1 aliphatic heterocycles. The predicted molar refractivity (Wildman–Crippen MR) is 92.7 cm³/mol. The fraction of sp³-hybridized carbons (Fsp3) is 0.222. The highest BCUT2D eigenvalue weighted by Crippen LogP contribution is 2.29. The summed E-state index contributed by atoms with van der Waals surface area (Å²) >= 11 is 0. The smallest absolute Gasteiger partial charge is 0.197 e. The van der Waals surface area contributed by atoms with Crippen molar-refractivity contribution in [2.45, 2.75) is 18.9 Å². The first-order valence-electron chi connectivity index (χ1n) is 7.59. The van der Waals surface area contributed by atoms with Crippen LogP contribution in [-0.4, -0.2) is 28.7 Å². The molecule has 1 aromatic carbocycles. The molecule has 2 heterocycles. The van der Waals surface area contributed by atoms with E-state index in [-0.39, 0.29) is 5.96 Å². The van der Waals surface area contributed by atoms with E-state index in [9.17, 15) is 0 Å². The zero-order valence-electron chi connectivity index (χ0n) is 13.6. The van der Waals surface area contributed by atoms with Crippen LogP contribution in [0.4, 0.5) is 0 Å². The molecule has 2 aromatic rings. The van der Waals surface area contributed by atoms with Gasteiger partial charge in [0.05, 0.1) is 28.6 Å². The molecule has 0 unspecified atom stereocenters. The van der Waals surface area contributed by atoms with Gasteiger partial charge in [0.15, 0.2) is 5.96 Å². The Hall–Kier alpha value is -3.20. The quantitative estimate of drug-likeness (QED) is 0.792. The summed E-state index contributed by atoms with van der Waals surface area (Å²) in [5.41, 5.74) is 2.39. The summed E-state index contributed by atoms with van der Waals surface area (Å²) in [5.74, 6) is 0.562. The van der Waals surface area contributed by atoms with Crippen molar-refractivity contribution < 1.29 is 0 Å². The fourth-order valence-corrected chi connectivity index (χ4v) is 2.78. The number of pyridine rings is 1. The minimum absolute atomic E-state index is 0.187. The number of hydrogen-bond donors (Lipinski definition) is 3. The lowest BCUT2D eigenvalue weighted by atomic mass is 9.90. The fourth-order valence-electron chi connectivity index (χ4n) is 2.78. The van der Waals surface area contributed by atoms with Crippen molar-refractivity contribution in [1.82, 2.24) is 15.2 Å². The second-order valence-electron chi connectivity index (χ2n) is 6.09. The molecule has 6 heteroatoms. The van der Waals surface area contributed by atoms with Crippen LogP contribution in [0.15, 0.2) is 42.5 Å². The zero-order valence-corrected chi connectivity index (χ0v) is 13.6. The van der Waals surface area contributed by atoms with Crippen molar-refractivity contribution in [3.8, 4) is 17.3 Å². The number of nitrogens with zero attached hydrogens (tertiary/aromatic N) is 3. The number of benzene rings is 1. The molecule has 1 aliphatic rings. The average Bonchev–Trinajstić information content (AvgIpc) is 2.60.